The number of carbonyl (C=O) groups excluding carboxylic acids is 1. The van der Waals surface area contributed by atoms with Crippen LogP contribution in [0.5, 0.6) is 0 Å². The first kappa shape index (κ1) is 22.1. The summed E-state index contributed by atoms with van der Waals surface area (Å²) in [4.78, 5) is 23.3. The lowest BCUT2D eigenvalue weighted by molar-refractivity contribution is 0.0676. The molecule has 12 heteroatoms. The summed E-state index contributed by atoms with van der Waals surface area (Å²) in [5, 5.41) is 1.32. The quantitative estimate of drug-likeness (QED) is 0.561. The third-order valence-electron chi connectivity index (χ3n) is 4.49. The Morgan fingerprint density at radius 3 is 2.76 bits per heavy atom. The van der Waals surface area contributed by atoms with Crippen LogP contribution in [0, 0.1) is 0 Å². The standard InChI is InChI=1S/C17H20ClN3O5S3/c1-2-7-29(25,26)17-19-9-14(18)15(20-17)16(22)21(10-13-4-3-6-27-13)12-5-8-28(23,24)11-12/h3-4,6,9,12H,2,5,7-8,10-11H2,1H3. The molecule has 3 rings (SSSR count). The van der Waals surface area contributed by atoms with E-state index in [2.05, 4.69) is 9.97 Å². The van der Waals surface area contributed by atoms with Crippen molar-refractivity contribution >= 4 is 48.5 Å². The first-order valence-corrected chi connectivity index (χ1v) is 13.6. The molecule has 2 aromatic heterocycles. The lowest BCUT2D eigenvalue weighted by atomic mass is 10.2. The van der Waals surface area contributed by atoms with Crippen molar-refractivity contribution in [3.63, 3.8) is 0 Å². The Morgan fingerprint density at radius 1 is 1.41 bits per heavy atom. The summed E-state index contributed by atoms with van der Waals surface area (Å²) < 4.78 is 48.6. The highest BCUT2D eigenvalue weighted by Gasteiger charge is 2.36. The first-order chi connectivity index (χ1) is 13.6. The fraction of sp³-hybridized carbons (Fsp3) is 0.471. The van der Waals surface area contributed by atoms with Gasteiger partial charge < -0.3 is 4.90 Å². The summed E-state index contributed by atoms with van der Waals surface area (Å²) in [7, 11) is -6.98. The molecular weight excluding hydrogens is 458 g/mol. The molecule has 3 heterocycles. The summed E-state index contributed by atoms with van der Waals surface area (Å²) in [5.41, 5.74) is -0.239. The van der Waals surface area contributed by atoms with Gasteiger partial charge in [-0.15, -0.1) is 11.3 Å². The highest BCUT2D eigenvalue weighted by Crippen LogP contribution is 2.26. The molecule has 1 atom stereocenters. The average Bonchev–Trinajstić information content (AvgIpc) is 3.28. The van der Waals surface area contributed by atoms with Gasteiger partial charge in [0.25, 0.3) is 5.91 Å². The molecule has 0 saturated carbocycles. The molecule has 1 unspecified atom stereocenters. The minimum atomic E-state index is -3.74. The van der Waals surface area contributed by atoms with Crippen LogP contribution in [-0.4, -0.2) is 60.9 Å². The number of carbonyl (C=O) groups is 1. The minimum absolute atomic E-state index is 0.000474. The predicted octanol–water partition coefficient (Wildman–Crippen LogP) is 2.20. The molecule has 29 heavy (non-hydrogen) atoms. The van der Waals surface area contributed by atoms with E-state index in [0.717, 1.165) is 11.1 Å². The minimum Gasteiger partial charge on any atom is -0.328 e. The highest BCUT2D eigenvalue weighted by atomic mass is 35.5. The van der Waals surface area contributed by atoms with E-state index in [1.807, 2.05) is 17.5 Å². The molecule has 1 saturated heterocycles. The molecular formula is C17H20ClN3O5S3. The molecule has 1 aliphatic heterocycles. The summed E-state index contributed by atoms with van der Waals surface area (Å²) in [6.07, 6.45) is 1.78. The summed E-state index contributed by atoms with van der Waals surface area (Å²) in [6.45, 7) is 1.90. The van der Waals surface area contributed by atoms with E-state index >= 15 is 0 Å². The number of rotatable bonds is 7. The van der Waals surface area contributed by atoms with E-state index in [9.17, 15) is 21.6 Å². The van der Waals surface area contributed by atoms with E-state index in [1.165, 1.54) is 16.2 Å². The Morgan fingerprint density at radius 2 is 2.17 bits per heavy atom. The normalized spacial score (nSPS) is 18.6. The van der Waals surface area contributed by atoms with Gasteiger partial charge in [-0.05, 0) is 24.3 Å². The van der Waals surface area contributed by atoms with Crippen LogP contribution in [0.25, 0.3) is 0 Å². The summed E-state index contributed by atoms with van der Waals surface area (Å²) >= 11 is 7.56. The Balaban J connectivity index is 1.99. The van der Waals surface area contributed by atoms with Crippen molar-refractivity contribution in [2.24, 2.45) is 0 Å². The van der Waals surface area contributed by atoms with Crippen molar-refractivity contribution in [3.05, 3.63) is 39.3 Å². The molecule has 0 radical (unpaired) electrons. The molecule has 158 valence electrons. The number of hydrogen-bond acceptors (Lipinski definition) is 8. The van der Waals surface area contributed by atoms with E-state index in [-0.39, 0.29) is 34.5 Å². The molecule has 8 nitrogen and oxygen atoms in total. The van der Waals surface area contributed by atoms with Crippen LogP contribution in [-0.2, 0) is 26.2 Å². The van der Waals surface area contributed by atoms with Crippen LogP contribution in [0.3, 0.4) is 0 Å². The van der Waals surface area contributed by atoms with Gasteiger partial charge in [0.05, 0.1) is 35.0 Å². The fourth-order valence-corrected chi connectivity index (χ4v) is 6.87. The van der Waals surface area contributed by atoms with Crippen molar-refractivity contribution in [2.75, 3.05) is 17.3 Å². The van der Waals surface area contributed by atoms with E-state index in [4.69, 9.17) is 11.6 Å². The maximum Gasteiger partial charge on any atom is 0.274 e. The van der Waals surface area contributed by atoms with Crippen LogP contribution < -0.4 is 0 Å². The summed E-state index contributed by atoms with van der Waals surface area (Å²) in [6, 6.07) is 3.14. The third-order valence-corrected chi connectivity index (χ3v) is 9.08. The SMILES string of the molecule is CCCS(=O)(=O)c1ncc(Cl)c(C(=O)N(Cc2cccs2)C2CCS(=O)(=O)C2)n1. The first-order valence-electron chi connectivity index (χ1n) is 8.92. The second kappa shape index (κ2) is 8.66. The molecule has 0 spiro atoms. The molecule has 2 aromatic rings. The van der Waals surface area contributed by atoms with Gasteiger partial charge in [-0.2, -0.15) is 0 Å². The van der Waals surface area contributed by atoms with Crippen molar-refractivity contribution in [1.82, 2.24) is 14.9 Å². The van der Waals surface area contributed by atoms with Crippen LogP contribution in [0.4, 0.5) is 0 Å². The molecule has 0 aliphatic carbocycles. The molecule has 0 aromatic carbocycles. The Hall–Kier alpha value is -1.56. The number of thiophene rings is 1. The van der Waals surface area contributed by atoms with Crippen molar-refractivity contribution in [2.45, 2.75) is 37.5 Å². The van der Waals surface area contributed by atoms with E-state index in [0.29, 0.717) is 12.8 Å². The lowest BCUT2D eigenvalue weighted by Crippen LogP contribution is -2.41. The monoisotopic (exact) mass is 477 g/mol. The zero-order valence-corrected chi connectivity index (χ0v) is 18.8. The van der Waals surface area contributed by atoms with Gasteiger partial charge in [-0.3, -0.25) is 4.79 Å². The second-order valence-electron chi connectivity index (χ2n) is 6.74. The lowest BCUT2D eigenvalue weighted by Gasteiger charge is -2.28. The number of aromatic nitrogens is 2. The number of nitrogens with zero attached hydrogens (tertiary/aromatic N) is 3. The van der Waals surface area contributed by atoms with Crippen molar-refractivity contribution in [1.29, 1.82) is 0 Å². The fourth-order valence-electron chi connectivity index (χ4n) is 3.11. The third kappa shape index (κ3) is 5.14. The number of sulfone groups is 2. The van der Waals surface area contributed by atoms with Gasteiger partial charge in [0.2, 0.25) is 15.0 Å². The molecule has 1 amide bonds. The van der Waals surface area contributed by atoms with Crippen LogP contribution in [0.2, 0.25) is 5.02 Å². The number of amides is 1. The Kier molecular flexibility index (Phi) is 6.61. The molecule has 1 fully saturated rings. The van der Waals surface area contributed by atoms with E-state index < -0.39 is 36.8 Å². The Labute approximate surface area is 178 Å². The van der Waals surface area contributed by atoms with Crippen LogP contribution in [0.15, 0.2) is 28.9 Å². The van der Waals surface area contributed by atoms with Crippen LogP contribution in [0.1, 0.15) is 35.1 Å². The Bertz CT molecular complexity index is 1100. The largest absolute Gasteiger partial charge is 0.328 e. The van der Waals surface area contributed by atoms with Gasteiger partial charge in [-0.1, -0.05) is 24.6 Å². The maximum absolute atomic E-state index is 13.3. The maximum atomic E-state index is 13.3. The number of hydrogen-bond donors (Lipinski definition) is 0. The predicted molar refractivity (Wildman–Crippen MR) is 111 cm³/mol. The smallest absolute Gasteiger partial charge is 0.274 e. The topological polar surface area (TPSA) is 114 Å². The van der Waals surface area contributed by atoms with Crippen LogP contribution >= 0.6 is 22.9 Å². The van der Waals surface area contributed by atoms with Gasteiger partial charge in [0.15, 0.2) is 15.5 Å². The average molecular weight is 478 g/mol. The second-order valence-corrected chi connectivity index (χ2v) is 12.4. The highest BCUT2D eigenvalue weighted by molar-refractivity contribution is 7.91. The molecule has 0 bridgehead atoms. The van der Waals surface area contributed by atoms with E-state index in [1.54, 1.807) is 6.92 Å². The molecule has 0 N–H and O–H groups in total. The van der Waals surface area contributed by atoms with Gasteiger partial charge >= 0.3 is 0 Å². The van der Waals surface area contributed by atoms with Gasteiger partial charge in [-0.25, -0.2) is 26.8 Å². The zero-order chi connectivity index (χ0) is 21.2. The van der Waals surface area contributed by atoms with Crippen molar-refractivity contribution < 1.29 is 21.6 Å². The zero-order valence-electron chi connectivity index (χ0n) is 15.6. The van der Waals surface area contributed by atoms with Gasteiger partial charge in [0, 0.05) is 10.9 Å². The summed E-state index contributed by atoms with van der Waals surface area (Å²) in [5.74, 6) is -0.907. The number of halogens is 1. The molecule has 1 aliphatic rings. The van der Waals surface area contributed by atoms with Crippen molar-refractivity contribution in [3.8, 4) is 0 Å². The van der Waals surface area contributed by atoms with Gasteiger partial charge in [0.1, 0.15) is 0 Å².